The maximum atomic E-state index is 13.9. The monoisotopic (exact) mass is 928 g/mol. The van der Waals surface area contributed by atoms with Crippen molar-refractivity contribution in [1.82, 2.24) is 52.5 Å². The maximum absolute atomic E-state index is 13.9. The lowest BCUT2D eigenvalue weighted by Crippen LogP contribution is -2.60. The van der Waals surface area contributed by atoms with Crippen molar-refractivity contribution >= 4 is 83.8 Å². The molecule has 6 unspecified atom stereocenters. The topological polar surface area (TPSA) is 464 Å². The number of H-pyrrole nitrogens is 1. The first-order chi connectivity index (χ1) is 30.0. The van der Waals surface area contributed by atoms with Gasteiger partial charge in [0.15, 0.2) is 5.96 Å². The second-order valence-electron chi connectivity index (χ2n) is 14.3. The fraction of sp³-hybridized carbons (Fsp3) is 0.571. The van der Waals surface area contributed by atoms with Crippen molar-refractivity contribution in [2.24, 2.45) is 28.1 Å². The fourth-order valence-corrected chi connectivity index (χ4v) is 5.42. The van der Waals surface area contributed by atoms with Gasteiger partial charge in [0, 0.05) is 30.6 Å². The number of carboxylic acid groups (broad SMARTS) is 3. The molecule has 0 radical (unpaired) electrons. The molecule has 6 atom stereocenters. The first kappa shape index (κ1) is 55.0. The Balaban J connectivity index is 3.25. The molecule has 1 aromatic rings. The van der Waals surface area contributed by atoms with Crippen LogP contribution in [0.1, 0.15) is 51.6 Å². The van der Waals surface area contributed by atoms with Crippen LogP contribution in [0.2, 0.25) is 0 Å². The van der Waals surface area contributed by atoms with Gasteiger partial charge in [0.05, 0.1) is 44.8 Å². The number of hydrogen-bond donors (Lipinski definition) is 16. The molecule has 356 valence electrons. The van der Waals surface area contributed by atoms with Gasteiger partial charge in [-0.2, -0.15) is 12.6 Å². The second-order valence-corrected chi connectivity index (χ2v) is 14.7. The smallest absolute Gasteiger partial charge is 0.326 e. The summed E-state index contributed by atoms with van der Waals surface area (Å²) in [5.41, 5.74) is 16.5. The van der Waals surface area contributed by atoms with Crippen LogP contribution in [0.5, 0.6) is 0 Å². The second kappa shape index (κ2) is 28.5. The van der Waals surface area contributed by atoms with Crippen LogP contribution < -0.4 is 59.7 Å². The van der Waals surface area contributed by atoms with Crippen molar-refractivity contribution in [3.8, 4) is 0 Å². The van der Waals surface area contributed by atoms with Crippen LogP contribution >= 0.6 is 12.6 Å². The van der Waals surface area contributed by atoms with Crippen LogP contribution in [0, 0.1) is 5.92 Å². The van der Waals surface area contributed by atoms with Crippen LogP contribution in [-0.4, -0.2) is 165 Å². The number of nitrogens with zero attached hydrogens (tertiary/aromatic N) is 2. The number of thiol groups is 1. The van der Waals surface area contributed by atoms with E-state index in [1.165, 1.54) is 12.5 Å². The molecule has 0 aliphatic heterocycles. The van der Waals surface area contributed by atoms with E-state index in [4.69, 9.17) is 17.2 Å². The van der Waals surface area contributed by atoms with Crippen molar-refractivity contribution in [3.63, 3.8) is 0 Å². The lowest BCUT2D eigenvalue weighted by Gasteiger charge is -2.26. The quantitative estimate of drug-likeness (QED) is 0.0148. The molecule has 64 heavy (non-hydrogen) atoms. The molecule has 29 heteroatoms. The molecule has 0 spiro atoms. The number of carbonyl (C=O) groups excluding carboxylic acids is 8. The highest BCUT2D eigenvalue weighted by atomic mass is 32.1. The van der Waals surface area contributed by atoms with Crippen molar-refractivity contribution < 1.29 is 68.1 Å². The van der Waals surface area contributed by atoms with Gasteiger partial charge >= 0.3 is 17.9 Å². The third-order valence-electron chi connectivity index (χ3n) is 8.40. The van der Waals surface area contributed by atoms with Gasteiger partial charge in [0.1, 0.15) is 30.2 Å². The molecule has 0 bridgehead atoms. The van der Waals surface area contributed by atoms with Gasteiger partial charge in [-0.15, -0.1) is 0 Å². The predicted octanol–water partition coefficient (Wildman–Crippen LogP) is -6.88. The summed E-state index contributed by atoms with van der Waals surface area (Å²) in [7, 11) is 0. The van der Waals surface area contributed by atoms with Crippen LogP contribution in [0.3, 0.4) is 0 Å². The van der Waals surface area contributed by atoms with Crippen molar-refractivity contribution in [2.75, 3.05) is 31.9 Å². The maximum Gasteiger partial charge on any atom is 0.326 e. The minimum absolute atomic E-state index is 0.00372. The molecule has 18 N–H and O–H groups in total. The van der Waals surface area contributed by atoms with Gasteiger partial charge < -0.3 is 80.0 Å². The summed E-state index contributed by atoms with van der Waals surface area (Å²) in [6.45, 7) is 1.32. The van der Waals surface area contributed by atoms with Gasteiger partial charge in [-0.05, 0) is 25.2 Å². The van der Waals surface area contributed by atoms with Gasteiger partial charge in [-0.3, -0.25) is 52.9 Å². The number of carbonyl (C=O) groups is 11. The Morgan fingerprint density at radius 3 is 1.67 bits per heavy atom. The van der Waals surface area contributed by atoms with Gasteiger partial charge in [0.25, 0.3) is 0 Å². The lowest BCUT2D eigenvalue weighted by molar-refractivity contribution is -0.144. The van der Waals surface area contributed by atoms with E-state index >= 15 is 0 Å². The number of aliphatic imine (C=N–C) groups is 1. The van der Waals surface area contributed by atoms with E-state index in [0.717, 1.165) is 0 Å². The number of nitrogens with one attached hydrogen (secondary N) is 9. The highest BCUT2D eigenvalue weighted by Gasteiger charge is 2.34. The molecule has 28 nitrogen and oxygen atoms in total. The standard InChI is InChI=1S/C35H56N14O14S/c1-16(2)6-23(34(62)63)49-33(61)22(9-28(55)56)48-31(59)20(7-17-10-39-15-44-17)47-30(58)19(4-3-5-40-35(37)38)46-32(60)21(8-27(53)54)45-26(52)13-42-24(50)11-41-25(51)12-43-29(57)18(36)14-64/h10,15-16,18-23,64H,3-9,11-14,36H2,1-2H3,(H,39,44)(H,41,51)(H,42,50)(H,43,57)(H,45,52)(H,46,60)(H,47,58)(H,48,59)(H,49,61)(H,53,54)(H,55,56)(H,62,63)(H4,37,38,40). The van der Waals surface area contributed by atoms with Crippen molar-refractivity contribution in [2.45, 2.75) is 88.6 Å². The Bertz CT molecular complexity index is 1840. The number of amides is 8. The van der Waals surface area contributed by atoms with E-state index in [0.29, 0.717) is 0 Å². The van der Waals surface area contributed by atoms with Crippen molar-refractivity contribution in [1.29, 1.82) is 0 Å². The summed E-state index contributed by atoms with van der Waals surface area (Å²) in [4.78, 5) is 148. The summed E-state index contributed by atoms with van der Waals surface area (Å²) in [6, 6.07) is -9.32. The molecule has 1 aromatic heterocycles. The predicted molar refractivity (Wildman–Crippen MR) is 224 cm³/mol. The summed E-state index contributed by atoms with van der Waals surface area (Å²) < 4.78 is 0. The minimum Gasteiger partial charge on any atom is -0.481 e. The first-order valence-electron chi connectivity index (χ1n) is 19.4. The number of rotatable bonds is 30. The Morgan fingerprint density at radius 2 is 1.17 bits per heavy atom. The Kier molecular flexibility index (Phi) is 24.5. The normalized spacial score (nSPS) is 13.5. The molecule has 0 saturated heterocycles. The molecule has 0 saturated carbocycles. The van der Waals surface area contributed by atoms with E-state index < -0.39 is 134 Å². The van der Waals surface area contributed by atoms with E-state index in [2.05, 4.69) is 70.1 Å². The zero-order chi connectivity index (χ0) is 48.5. The molecular weight excluding hydrogens is 873 g/mol. The van der Waals surface area contributed by atoms with E-state index in [9.17, 15) is 68.1 Å². The summed E-state index contributed by atoms with van der Waals surface area (Å²) in [5.74, 6) is -13.0. The molecule has 1 rings (SSSR count). The Labute approximate surface area is 370 Å². The van der Waals surface area contributed by atoms with Crippen LogP contribution in [-0.2, 0) is 59.2 Å². The number of imidazole rings is 1. The molecule has 8 amide bonds. The average Bonchev–Trinajstić information content (AvgIpc) is 3.73. The third kappa shape index (κ3) is 22.7. The molecule has 0 aliphatic carbocycles. The highest BCUT2D eigenvalue weighted by molar-refractivity contribution is 7.80. The van der Waals surface area contributed by atoms with Crippen LogP contribution in [0.25, 0.3) is 0 Å². The Morgan fingerprint density at radius 1 is 0.688 bits per heavy atom. The molecule has 0 fully saturated rings. The number of hydrogen-bond acceptors (Lipinski definition) is 15. The SMILES string of the molecule is CC(C)CC(NC(=O)C(CC(=O)O)NC(=O)C(Cc1cnc[nH]1)NC(=O)C(CCCN=C(N)N)NC(=O)C(CC(=O)O)NC(=O)CNC(=O)CNC(=O)CNC(=O)C(N)CS)C(=O)O. The Hall–Kier alpha value is -7.04. The summed E-state index contributed by atoms with van der Waals surface area (Å²) >= 11 is 3.87. The number of nitrogens with two attached hydrogens (primary N) is 3. The van der Waals surface area contributed by atoms with E-state index in [-0.39, 0.29) is 55.6 Å². The van der Waals surface area contributed by atoms with Gasteiger partial charge in [-0.25, -0.2) is 9.78 Å². The van der Waals surface area contributed by atoms with Gasteiger partial charge in [0.2, 0.25) is 47.3 Å². The minimum atomic E-state index is -1.86. The zero-order valence-electron chi connectivity index (χ0n) is 34.9. The highest BCUT2D eigenvalue weighted by Crippen LogP contribution is 2.08. The van der Waals surface area contributed by atoms with Crippen LogP contribution in [0.4, 0.5) is 0 Å². The molecular formula is C35H56N14O14S. The number of aromatic amines is 1. The molecule has 1 heterocycles. The first-order valence-corrected chi connectivity index (χ1v) is 20.0. The number of carboxylic acids is 3. The van der Waals surface area contributed by atoms with E-state index in [1.807, 2.05) is 0 Å². The fourth-order valence-electron chi connectivity index (χ4n) is 5.26. The van der Waals surface area contributed by atoms with Gasteiger partial charge in [-0.1, -0.05) is 13.8 Å². The zero-order valence-corrected chi connectivity index (χ0v) is 35.8. The largest absolute Gasteiger partial charge is 0.481 e. The molecule has 0 aromatic carbocycles. The number of aromatic nitrogens is 2. The van der Waals surface area contributed by atoms with E-state index in [1.54, 1.807) is 13.8 Å². The van der Waals surface area contributed by atoms with Crippen LogP contribution in [0.15, 0.2) is 17.5 Å². The summed E-state index contributed by atoms with van der Waals surface area (Å²) in [5, 5.41) is 46.5. The third-order valence-corrected chi connectivity index (χ3v) is 8.80. The average molecular weight is 929 g/mol. The lowest BCUT2D eigenvalue weighted by atomic mass is 10.0. The number of aliphatic carboxylic acids is 3. The molecule has 0 aliphatic rings. The van der Waals surface area contributed by atoms with Crippen molar-refractivity contribution in [3.05, 3.63) is 18.2 Å². The number of guanidine groups is 1. The summed E-state index contributed by atoms with van der Waals surface area (Å²) in [6.07, 6.45) is -0.130.